The van der Waals surface area contributed by atoms with Crippen molar-refractivity contribution in [2.75, 3.05) is 0 Å². The highest BCUT2D eigenvalue weighted by Crippen LogP contribution is 2.23. The van der Waals surface area contributed by atoms with E-state index in [1.807, 2.05) is 0 Å². The smallest absolute Gasteiger partial charge is 0.337 e. The molecule has 2 rings (SSSR count). The van der Waals surface area contributed by atoms with E-state index < -0.39 is 21.6 Å². The van der Waals surface area contributed by atoms with E-state index in [0.29, 0.717) is 5.69 Å². The minimum absolute atomic E-state index is 0.0317. The number of sulfone groups is 1. The molecule has 0 aliphatic rings. The van der Waals surface area contributed by atoms with E-state index in [0.717, 1.165) is 6.07 Å². The molecule has 0 saturated carbocycles. The molecule has 7 nitrogen and oxygen atoms in total. The lowest BCUT2D eigenvalue weighted by atomic mass is 10.2. The average Bonchev–Trinajstić information content (AvgIpc) is 2.74. The van der Waals surface area contributed by atoms with Gasteiger partial charge in [0, 0.05) is 0 Å². The Bertz CT molecular complexity index is 769. The standard InChI is InChI=1S/C11H9ClN2O5S/c1-6-10(14-19-13-6)5-20(17,18)7-2-3-9(12)8(4-7)11(15)16/h2-4H,5H2,1H3,(H,15,16). The van der Waals surface area contributed by atoms with Crippen molar-refractivity contribution in [1.29, 1.82) is 0 Å². The first kappa shape index (κ1) is 14.5. The molecule has 0 unspecified atom stereocenters. The summed E-state index contributed by atoms with van der Waals surface area (Å²) in [6, 6.07) is 3.49. The lowest BCUT2D eigenvalue weighted by Crippen LogP contribution is -2.08. The Morgan fingerprint density at radius 3 is 2.65 bits per heavy atom. The van der Waals surface area contributed by atoms with Crippen molar-refractivity contribution >= 4 is 27.4 Å². The van der Waals surface area contributed by atoms with Crippen molar-refractivity contribution in [3.05, 3.63) is 40.2 Å². The normalized spacial score (nSPS) is 11.5. The fourth-order valence-corrected chi connectivity index (χ4v) is 3.06. The van der Waals surface area contributed by atoms with Gasteiger partial charge in [-0.2, -0.15) is 0 Å². The Balaban J connectivity index is 2.42. The van der Waals surface area contributed by atoms with Crippen LogP contribution in [0.1, 0.15) is 21.7 Å². The van der Waals surface area contributed by atoms with Crippen LogP contribution in [0.5, 0.6) is 0 Å². The largest absolute Gasteiger partial charge is 0.478 e. The molecule has 0 bridgehead atoms. The zero-order chi connectivity index (χ0) is 14.9. The topological polar surface area (TPSA) is 110 Å². The summed E-state index contributed by atoms with van der Waals surface area (Å²) < 4.78 is 28.8. The maximum Gasteiger partial charge on any atom is 0.337 e. The maximum atomic E-state index is 12.2. The summed E-state index contributed by atoms with van der Waals surface area (Å²) in [5.74, 6) is -1.73. The van der Waals surface area contributed by atoms with Crippen molar-refractivity contribution in [3.8, 4) is 0 Å². The van der Waals surface area contributed by atoms with Gasteiger partial charge in [-0.15, -0.1) is 0 Å². The first-order valence-electron chi connectivity index (χ1n) is 5.35. The van der Waals surface area contributed by atoms with Crippen LogP contribution in [0, 0.1) is 6.92 Å². The summed E-state index contributed by atoms with van der Waals surface area (Å²) in [7, 11) is -3.76. The molecule has 0 radical (unpaired) electrons. The molecule has 2 aromatic rings. The lowest BCUT2D eigenvalue weighted by molar-refractivity contribution is 0.0697. The molecule has 0 aliphatic heterocycles. The second-order valence-corrected chi connectivity index (χ2v) is 6.40. The van der Waals surface area contributed by atoms with E-state index in [1.54, 1.807) is 6.92 Å². The fourth-order valence-electron chi connectivity index (χ4n) is 1.51. The van der Waals surface area contributed by atoms with Gasteiger partial charge in [-0.1, -0.05) is 21.9 Å². The molecule has 1 heterocycles. The highest BCUT2D eigenvalue weighted by Gasteiger charge is 2.22. The van der Waals surface area contributed by atoms with Gasteiger partial charge in [0.15, 0.2) is 9.84 Å². The summed E-state index contributed by atoms with van der Waals surface area (Å²) >= 11 is 5.70. The third-order valence-electron chi connectivity index (χ3n) is 2.60. The van der Waals surface area contributed by atoms with Gasteiger partial charge in [-0.05, 0) is 25.1 Å². The Morgan fingerprint density at radius 1 is 1.40 bits per heavy atom. The summed E-state index contributed by atoms with van der Waals surface area (Å²) in [6.07, 6.45) is 0. The highest BCUT2D eigenvalue weighted by atomic mass is 35.5. The van der Waals surface area contributed by atoms with E-state index in [-0.39, 0.29) is 21.2 Å². The number of benzene rings is 1. The number of halogens is 1. The van der Waals surface area contributed by atoms with E-state index in [4.69, 9.17) is 16.7 Å². The molecule has 0 saturated heterocycles. The van der Waals surface area contributed by atoms with Crippen molar-refractivity contribution in [1.82, 2.24) is 10.3 Å². The van der Waals surface area contributed by atoms with Crippen molar-refractivity contribution < 1.29 is 22.9 Å². The monoisotopic (exact) mass is 316 g/mol. The van der Waals surface area contributed by atoms with Gasteiger partial charge in [0.05, 0.1) is 15.5 Å². The van der Waals surface area contributed by atoms with Gasteiger partial charge < -0.3 is 5.11 Å². The summed E-state index contributed by atoms with van der Waals surface area (Å²) in [4.78, 5) is 10.8. The number of nitrogens with zero attached hydrogens (tertiary/aromatic N) is 2. The Kier molecular flexibility index (Phi) is 3.78. The number of aromatic carboxylic acids is 1. The number of aromatic nitrogens is 2. The summed E-state index contributed by atoms with van der Waals surface area (Å²) in [5, 5.41) is 15.9. The fraction of sp³-hybridized carbons (Fsp3) is 0.182. The van der Waals surface area contributed by atoms with Crippen LogP contribution in [0.2, 0.25) is 5.02 Å². The van der Waals surface area contributed by atoms with Crippen LogP contribution in [0.25, 0.3) is 0 Å². The Labute approximate surface area is 119 Å². The lowest BCUT2D eigenvalue weighted by Gasteiger charge is -2.05. The molecule has 106 valence electrons. The zero-order valence-corrected chi connectivity index (χ0v) is 11.8. The van der Waals surface area contributed by atoms with Gasteiger partial charge in [-0.3, -0.25) is 0 Å². The maximum absolute atomic E-state index is 12.2. The minimum Gasteiger partial charge on any atom is -0.478 e. The zero-order valence-electron chi connectivity index (χ0n) is 10.2. The molecule has 0 aliphatic carbocycles. The van der Waals surface area contributed by atoms with Crippen LogP contribution in [0.15, 0.2) is 27.7 Å². The molecule has 1 aromatic carbocycles. The third-order valence-corrected chi connectivity index (χ3v) is 4.56. The molecule has 1 N–H and O–H groups in total. The number of hydrogen-bond donors (Lipinski definition) is 1. The van der Waals surface area contributed by atoms with Crippen molar-refractivity contribution in [2.24, 2.45) is 0 Å². The average molecular weight is 317 g/mol. The minimum atomic E-state index is -3.76. The van der Waals surface area contributed by atoms with E-state index in [1.165, 1.54) is 12.1 Å². The summed E-state index contributed by atoms with van der Waals surface area (Å²) in [6.45, 7) is 1.56. The third kappa shape index (κ3) is 2.81. The molecule has 1 aromatic heterocycles. The predicted molar refractivity (Wildman–Crippen MR) is 68.3 cm³/mol. The van der Waals surface area contributed by atoms with Crippen LogP contribution in [0.3, 0.4) is 0 Å². The molecular formula is C11H9ClN2O5S. The number of carboxylic acid groups (broad SMARTS) is 1. The second kappa shape index (κ2) is 5.22. The number of carbonyl (C=O) groups is 1. The van der Waals surface area contributed by atoms with Crippen LogP contribution in [-0.4, -0.2) is 29.8 Å². The van der Waals surface area contributed by atoms with Crippen molar-refractivity contribution in [2.45, 2.75) is 17.6 Å². The van der Waals surface area contributed by atoms with Gasteiger partial charge in [0.25, 0.3) is 0 Å². The first-order valence-corrected chi connectivity index (χ1v) is 7.38. The Morgan fingerprint density at radius 2 is 2.10 bits per heavy atom. The van der Waals surface area contributed by atoms with E-state index >= 15 is 0 Å². The SMILES string of the molecule is Cc1nonc1CS(=O)(=O)c1ccc(Cl)c(C(=O)O)c1. The van der Waals surface area contributed by atoms with Crippen molar-refractivity contribution in [3.63, 3.8) is 0 Å². The predicted octanol–water partition coefficient (Wildman–Crippen LogP) is 1.70. The molecule has 9 heteroatoms. The summed E-state index contributed by atoms with van der Waals surface area (Å²) in [5.41, 5.74) is 0.264. The molecule has 0 amide bonds. The highest BCUT2D eigenvalue weighted by molar-refractivity contribution is 7.90. The van der Waals surface area contributed by atoms with Gasteiger partial charge in [0.2, 0.25) is 0 Å². The van der Waals surface area contributed by atoms with Crippen LogP contribution in [-0.2, 0) is 15.6 Å². The van der Waals surface area contributed by atoms with Gasteiger partial charge in [0.1, 0.15) is 17.1 Å². The van der Waals surface area contributed by atoms with E-state index in [2.05, 4.69) is 14.9 Å². The van der Waals surface area contributed by atoms with E-state index in [9.17, 15) is 13.2 Å². The molecular weight excluding hydrogens is 308 g/mol. The number of rotatable bonds is 4. The second-order valence-electron chi connectivity index (χ2n) is 4.00. The molecule has 0 fully saturated rings. The first-order chi connectivity index (χ1) is 9.31. The number of aryl methyl sites for hydroxylation is 1. The van der Waals surface area contributed by atoms with Crippen LogP contribution in [0.4, 0.5) is 0 Å². The molecule has 0 spiro atoms. The van der Waals surface area contributed by atoms with Gasteiger partial charge in [-0.25, -0.2) is 17.8 Å². The quantitative estimate of drug-likeness (QED) is 0.913. The molecule has 0 atom stereocenters. The Hall–Kier alpha value is -1.93. The van der Waals surface area contributed by atoms with Crippen LogP contribution >= 0.6 is 11.6 Å². The van der Waals surface area contributed by atoms with Crippen LogP contribution < -0.4 is 0 Å². The number of carboxylic acids is 1. The van der Waals surface area contributed by atoms with Gasteiger partial charge >= 0.3 is 5.97 Å². The number of hydrogen-bond acceptors (Lipinski definition) is 6. The molecule has 20 heavy (non-hydrogen) atoms.